The zero-order chi connectivity index (χ0) is 30.4. The van der Waals surface area contributed by atoms with Crippen molar-refractivity contribution in [2.75, 3.05) is 19.9 Å². The van der Waals surface area contributed by atoms with Gasteiger partial charge in [-0.2, -0.15) is 0 Å². The summed E-state index contributed by atoms with van der Waals surface area (Å²) < 4.78 is 5.47. The Balaban J connectivity index is 1.45. The second-order valence-corrected chi connectivity index (χ2v) is 10.5. The van der Waals surface area contributed by atoms with Gasteiger partial charge in [-0.3, -0.25) is 29.0 Å². The second kappa shape index (κ2) is 10.9. The molecule has 0 spiro atoms. The molecule has 0 radical (unpaired) electrons. The normalized spacial score (nSPS) is 18.1. The lowest BCUT2D eigenvalue weighted by atomic mass is 9.93. The van der Waals surface area contributed by atoms with Gasteiger partial charge in [0.1, 0.15) is 13.3 Å². The van der Waals surface area contributed by atoms with Gasteiger partial charge in [-0.05, 0) is 55.9 Å². The summed E-state index contributed by atoms with van der Waals surface area (Å²) in [5.41, 5.74) is 2.34. The Morgan fingerprint density at radius 3 is 1.60 bits per heavy atom. The van der Waals surface area contributed by atoms with Crippen LogP contribution in [0.25, 0.3) is 0 Å². The number of nitrogens with zero attached hydrogens (tertiary/aromatic N) is 4. The molecule has 0 fully saturated rings. The summed E-state index contributed by atoms with van der Waals surface area (Å²) in [4.78, 5) is 72.2. The van der Waals surface area contributed by atoms with Crippen molar-refractivity contribution < 1.29 is 28.7 Å². The van der Waals surface area contributed by atoms with Gasteiger partial charge < -0.3 is 14.5 Å². The molecule has 216 valence electrons. The third kappa shape index (κ3) is 4.49. The first kappa shape index (κ1) is 28.0. The third-order valence-electron chi connectivity index (χ3n) is 7.80. The van der Waals surface area contributed by atoms with Gasteiger partial charge in [-0.1, -0.05) is 54.6 Å². The van der Waals surface area contributed by atoms with Crippen LogP contribution in [0.5, 0.6) is 0 Å². The maximum absolute atomic E-state index is 13.6. The van der Waals surface area contributed by atoms with Crippen LogP contribution >= 0.6 is 12.2 Å². The smallest absolute Gasteiger partial charge is 0.338 e. The van der Waals surface area contributed by atoms with E-state index in [1.54, 1.807) is 67.3 Å². The minimum absolute atomic E-state index is 0.0956. The van der Waals surface area contributed by atoms with E-state index in [1.165, 1.54) is 4.90 Å². The summed E-state index contributed by atoms with van der Waals surface area (Å²) in [6.07, 6.45) is 0. The molecule has 3 heterocycles. The number of esters is 1. The van der Waals surface area contributed by atoms with Gasteiger partial charge >= 0.3 is 5.97 Å². The minimum Gasteiger partial charge on any atom is -0.463 e. The first-order valence-corrected chi connectivity index (χ1v) is 14.1. The van der Waals surface area contributed by atoms with E-state index in [0.717, 1.165) is 9.80 Å². The molecule has 3 aliphatic heterocycles. The molecule has 4 amide bonds. The Bertz CT molecular complexity index is 1680. The monoisotopic (exact) mass is 594 g/mol. The predicted molar refractivity (Wildman–Crippen MR) is 158 cm³/mol. The number of allylic oxidation sites excluding steroid dienone is 1. The van der Waals surface area contributed by atoms with Crippen molar-refractivity contribution in [2.24, 2.45) is 0 Å². The molecule has 3 aromatic rings. The highest BCUT2D eigenvalue weighted by molar-refractivity contribution is 7.80. The Morgan fingerprint density at radius 1 is 0.698 bits per heavy atom. The van der Waals surface area contributed by atoms with Gasteiger partial charge in [0.25, 0.3) is 23.6 Å². The van der Waals surface area contributed by atoms with Gasteiger partial charge in [0.15, 0.2) is 5.11 Å². The molecule has 0 aliphatic carbocycles. The van der Waals surface area contributed by atoms with Crippen LogP contribution in [-0.4, -0.2) is 74.3 Å². The quantitative estimate of drug-likeness (QED) is 0.228. The first-order valence-electron chi connectivity index (χ1n) is 13.7. The number of rotatable bonds is 7. The lowest BCUT2D eigenvalue weighted by Crippen LogP contribution is -2.57. The van der Waals surface area contributed by atoms with Gasteiger partial charge in [0.05, 0.1) is 40.5 Å². The summed E-state index contributed by atoms with van der Waals surface area (Å²) in [6, 6.07) is 21.3. The molecule has 43 heavy (non-hydrogen) atoms. The van der Waals surface area contributed by atoms with Crippen LogP contribution in [0.1, 0.15) is 66.9 Å². The first-order chi connectivity index (χ1) is 20.7. The van der Waals surface area contributed by atoms with Crippen LogP contribution in [0.4, 0.5) is 0 Å². The SMILES string of the molecule is CCOC(=O)C1=C(C)N(CN2C(=O)c3ccccc3C2=O)C(=S)N(CN2C(=O)c3ccccc3C2=O)C1c1ccccc1. The molecular weight excluding hydrogens is 568 g/mol. The molecule has 0 aromatic heterocycles. The predicted octanol–water partition coefficient (Wildman–Crippen LogP) is 3.97. The van der Waals surface area contributed by atoms with E-state index in [0.29, 0.717) is 11.3 Å². The summed E-state index contributed by atoms with van der Waals surface area (Å²) in [6.45, 7) is 2.87. The maximum Gasteiger partial charge on any atom is 0.338 e. The summed E-state index contributed by atoms with van der Waals surface area (Å²) in [5.74, 6) is -2.61. The topological polar surface area (TPSA) is 108 Å². The molecule has 1 atom stereocenters. The number of carbonyl (C=O) groups is 5. The van der Waals surface area contributed by atoms with Gasteiger partial charge in [-0.15, -0.1) is 0 Å². The molecular formula is C32H26N4O6S. The average molecular weight is 595 g/mol. The van der Waals surface area contributed by atoms with Crippen LogP contribution < -0.4 is 0 Å². The number of hydrogen-bond acceptors (Lipinski definition) is 7. The fourth-order valence-corrected chi connectivity index (χ4v) is 6.05. The van der Waals surface area contributed by atoms with Crippen LogP contribution in [0.15, 0.2) is 90.1 Å². The Kier molecular flexibility index (Phi) is 7.10. The Morgan fingerprint density at radius 2 is 1.14 bits per heavy atom. The molecule has 0 saturated heterocycles. The van der Waals surface area contributed by atoms with Crippen molar-refractivity contribution in [3.63, 3.8) is 0 Å². The fraction of sp³-hybridized carbons (Fsp3) is 0.188. The number of amides is 4. The number of thiocarbonyl (C=S) groups is 1. The van der Waals surface area contributed by atoms with E-state index in [1.807, 2.05) is 30.3 Å². The van der Waals surface area contributed by atoms with E-state index in [4.69, 9.17) is 17.0 Å². The average Bonchev–Trinajstić information content (AvgIpc) is 3.41. The summed E-state index contributed by atoms with van der Waals surface area (Å²) >= 11 is 5.97. The van der Waals surface area contributed by atoms with Gasteiger partial charge in [0.2, 0.25) is 0 Å². The summed E-state index contributed by atoms with van der Waals surface area (Å²) in [7, 11) is 0. The van der Waals surface area contributed by atoms with Gasteiger partial charge in [-0.25, -0.2) is 4.79 Å². The third-order valence-corrected chi connectivity index (χ3v) is 8.25. The lowest BCUT2D eigenvalue weighted by Gasteiger charge is -2.46. The van der Waals surface area contributed by atoms with Crippen molar-refractivity contribution in [1.82, 2.24) is 19.6 Å². The number of imide groups is 2. The van der Waals surface area contributed by atoms with Crippen molar-refractivity contribution >= 4 is 46.9 Å². The minimum atomic E-state index is -0.838. The zero-order valence-electron chi connectivity index (χ0n) is 23.4. The molecule has 3 aromatic carbocycles. The van der Waals surface area contributed by atoms with Crippen LogP contribution in [-0.2, 0) is 9.53 Å². The van der Waals surface area contributed by atoms with Crippen molar-refractivity contribution in [1.29, 1.82) is 0 Å². The highest BCUT2D eigenvalue weighted by Gasteiger charge is 2.46. The molecule has 10 nitrogen and oxygen atoms in total. The molecule has 0 saturated carbocycles. The number of carbonyl (C=O) groups excluding carboxylic acids is 5. The second-order valence-electron chi connectivity index (χ2n) is 10.2. The van der Waals surface area contributed by atoms with E-state index >= 15 is 0 Å². The van der Waals surface area contributed by atoms with E-state index in [2.05, 4.69) is 0 Å². The molecule has 0 bridgehead atoms. The van der Waals surface area contributed by atoms with Gasteiger partial charge in [0, 0.05) is 5.70 Å². The van der Waals surface area contributed by atoms with E-state index < -0.39 is 35.6 Å². The van der Waals surface area contributed by atoms with Crippen molar-refractivity contribution in [3.05, 3.63) is 118 Å². The standard InChI is InChI=1S/C32H26N4O6S/c1-3-42-31(41)25-19(2)33(17-35-27(37)21-13-7-8-14-22(21)28(35)38)32(43)34(26(25)20-11-5-4-6-12-20)18-36-29(39)23-15-9-10-16-24(23)30(36)40/h4-16,26H,3,17-18H2,1-2H3. The molecule has 0 N–H and O–H groups in total. The number of fused-ring (bicyclic) bond motifs is 2. The number of benzene rings is 3. The largest absolute Gasteiger partial charge is 0.463 e. The zero-order valence-corrected chi connectivity index (χ0v) is 24.2. The Hall–Kier alpha value is -5.16. The molecule has 1 unspecified atom stereocenters. The van der Waals surface area contributed by atoms with Crippen LogP contribution in [0.2, 0.25) is 0 Å². The number of ether oxygens (including phenoxy) is 1. The maximum atomic E-state index is 13.6. The Labute approximate surface area is 252 Å². The molecule has 11 heteroatoms. The van der Waals surface area contributed by atoms with Crippen LogP contribution in [0, 0.1) is 0 Å². The van der Waals surface area contributed by atoms with Crippen molar-refractivity contribution in [2.45, 2.75) is 19.9 Å². The highest BCUT2D eigenvalue weighted by atomic mass is 32.1. The summed E-state index contributed by atoms with van der Waals surface area (Å²) in [5, 5.41) is 0.118. The van der Waals surface area contributed by atoms with E-state index in [9.17, 15) is 24.0 Å². The van der Waals surface area contributed by atoms with Crippen LogP contribution in [0.3, 0.4) is 0 Å². The number of hydrogen-bond donors (Lipinski definition) is 0. The fourth-order valence-electron chi connectivity index (χ4n) is 5.70. The van der Waals surface area contributed by atoms with Crippen molar-refractivity contribution in [3.8, 4) is 0 Å². The molecule has 3 aliphatic rings. The highest BCUT2D eigenvalue weighted by Crippen LogP contribution is 2.39. The lowest BCUT2D eigenvalue weighted by molar-refractivity contribution is -0.139. The van der Waals surface area contributed by atoms with E-state index in [-0.39, 0.29) is 52.9 Å². The molecule has 6 rings (SSSR count).